The number of ether oxygens (including phenoxy) is 1. The van der Waals surface area contributed by atoms with E-state index >= 15 is 0 Å². The standard InChI is InChI=1S/C19H28N6O2.HI/c1-20-19(25(2)12-7-15-8-13-26-14-9-15)22-11-6-17-23-18(27-24-17)16-5-3-4-10-21-16;/h3-5,10,15H,6-9,11-14H2,1-2H3,(H,20,22);1H. The highest BCUT2D eigenvalue weighted by Gasteiger charge is 2.15. The van der Waals surface area contributed by atoms with Crippen molar-refractivity contribution in [1.29, 1.82) is 0 Å². The van der Waals surface area contributed by atoms with E-state index in [0.717, 1.165) is 44.5 Å². The largest absolute Gasteiger partial charge is 0.381 e. The van der Waals surface area contributed by atoms with E-state index in [1.807, 2.05) is 18.2 Å². The number of hydrogen-bond acceptors (Lipinski definition) is 6. The molecule has 1 aliphatic heterocycles. The zero-order valence-electron chi connectivity index (χ0n) is 16.5. The molecule has 0 atom stereocenters. The molecule has 3 rings (SSSR count). The lowest BCUT2D eigenvalue weighted by atomic mass is 9.96. The van der Waals surface area contributed by atoms with Crippen LogP contribution in [0.5, 0.6) is 0 Å². The van der Waals surface area contributed by atoms with Gasteiger partial charge in [-0.3, -0.25) is 9.98 Å². The van der Waals surface area contributed by atoms with E-state index < -0.39 is 0 Å². The minimum Gasteiger partial charge on any atom is -0.381 e. The Morgan fingerprint density at radius 3 is 2.86 bits per heavy atom. The zero-order valence-corrected chi connectivity index (χ0v) is 18.8. The fourth-order valence-electron chi connectivity index (χ4n) is 3.14. The molecule has 0 radical (unpaired) electrons. The van der Waals surface area contributed by atoms with E-state index in [1.165, 1.54) is 6.42 Å². The summed E-state index contributed by atoms with van der Waals surface area (Å²) in [6, 6.07) is 5.60. The third kappa shape index (κ3) is 6.69. The van der Waals surface area contributed by atoms with Crippen molar-refractivity contribution in [2.75, 3.05) is 40.4 Å². The van der Waals surface area contributed by atoms with Crippen LogP contribution in [0.3, 0.4) is 0 Å². The summed E-state index contributed by atoms with van der Waals surface area (Å²) in [5.74, 6) is 2.74. The molecule has 0 unspecified atom stereocenters. The lowest BCUT2D eigenvalue weighted by Gasteiger charge is -2.26. The van der Waals surface area contributed by atoms with Gasteiger partial charge in [-0.15, -0.1) is 24.0 Å². The first-order chi connectivity index (χ1) is 13.3. The van der Waals surface area contributed by atoms with Gasteiger partial charge in [0.2, 0.25) is 0 Å². The summed E-state index contributed by atoms with van der Waals surface area (Å²) in [6.45, 7) is 3.46. The van der Waals surface area contributed by atoms with Crippen LogP contribution in [0.1, 0.15) is 25.1 Å². The highest BCUT2D eigenvalue weighted by molar-refractivity contribution is 14.0. The number of halogens is 1. The van der Waals surface area contributed by atoms with Gasteiger partial charge in [0.15, 0.2) is 11.8 Å². The summed E-state index contributed by atoms with van der Waals surface area (Å²) in [5.41, 5.74) is 0.688. The predicted octanol–water partition coefficient (Wildman–Crippen LogP) is 2.62. The second-order valence-corrected chi connectivity index (χ2v) is 6.72. The molecule has 0 saturated carbocycles. The van der Waals surface area contributed by atoms with Gasteiger partial charge in [-0.2, -0.15) is 4.98 Å². The zero-order chi connectivity index (χ0) is 18.9. The van der Waals surface area contributed by atoms with Gasteiger partial charge in [-0.25, -0.2) is 0 Å². The number of pyridine rings is 1. The molecule has 28 heavy (non-hydrogen) atoms. The van der Waals surface area contributed by atoms with Gasteiger partial charge < -0.3 is 19.5 Å². The molecule has 2 aromatic heterocycles. The highest BCUT2D eigenvalue weighted by atomic mass is 127. The van der Waals surface area contributed by atoms with Gasteiger partial charge in [0, 0.05) is 53.0 Å². The summed E-state index contributed by atoms with van der Waals surface area (Å²) >= 11 is 0. The van der Waals surface area contributed by atoms with E-state index in [9.17, 15) is 0 Å². The second kappa shape index (κ2) is 11.9. The Balaban J connectivity index is 0.00000280. The van der Waals surface area contributed by atoms with Crippen molar-refractivity contribution in [3.05, 3.63) is 30.2 Å². The molecule has 8 nitrogen and oxygen atoms in total. The minimum atomic E-state index is 0. The molecule has 2 aromatic rings. The van der Waals surface area contributed by atoms with E-state index in [-0.39, 0.29) is 24.0 Å². The van der Waals surface area contributed by atoms with Crippen molar-refractivity contribution in [2.24, 2.45) is 10.9 Å². The molecule has 154 valence electrons. The number of nitrogens with zero attached hydrogens (tertiary/aromatic N) is 5. The number of nitrogens with one attached hydrogen (secondary N) is 1. The highest BCUT2D eigenvalue weighted by Crippen LogP contribution is 2.18. The normalized spacial score (nSPS) is 15.1. The quantitative estimate of drug-likeness (QED) is 0.355. The predicted molar refractivity (Wildman–Crippen MR) is 119 cm³/mol. The molecule has 1 saturated heterocycles. The van der Waals surface area contributed by atoms with Gasteiger partial charge >= 0.3 is 0 Å². The molecular formula is C19H29IN6O2. The van der Waals surface area contributed by atoms with Gasteiger partial charge in [0.05, 0.1) is 0 Å². The van der Waals surface area contributed by atoms with Crippen LogP contribution >= 0.6 is 24.0 Å². The van der Waals surface area contributed by atoms with Crippen molar-refractivity contribution >= 4 is 29.9 Å². The SMILES string of the molecule is CN=C(NCCc1noc(-c2ccccn2)n1)N(C)CCC1CCOCC1.I. The smallest absolute Gasteiger partial charge is 0.276 e. The maximum absolute atomic E-state index is 5.43. The molecule has 0 aliphatic carbocycles. The minimum absolute atomic E-state index is 0. The summed E-state index contributed by atoms with van der Waals surface area (Å²) < 4.78 is 10.7. The van der Waals surface area contributed by atoms with Crippen LogP contribution in [-0.2, 0) is 11.2 Å². The van der Waals surface area contributed by atoms with E-state index in [1.54, 1.807) is 13.2 Å². The Kier molecular flexibility index (Phi) is 9.62. The van der Waals surface area contributed by atoms with Gasteiger partial charge in [0.1, 0.15) is 5.69 Å². The van der Waals surface area contributed by atoms with Crippen molar-refractivity contribution in [3.8, 4) is 11.6 Å². The summed E-state index contributed by atoms with van der Waals surface area (Å²) in [5, 5.41) is 7.39. The average molecular weight is 500 g/mol. The lowest BCUT2D eigenvalue weighted by molar-refractivity contribution is 0.0625. The number of hydrogen-bond donors (Lipinski definition) is 1. The van der Waals surface area contributed by atoms with Crippen molar-refractivity contribution in [1.82, 2.24) is 25.3 Å². The molecule has 0 amide bonds. The molecule has 9 heteroatoms. The lowest BCUT2D eigenvalue weighted by Crippen LogP contribution is -2.40. The summed E-state index contributed by atoms with van der Waals surface area (Å²) in [7, 11) is 3.88. The fraction of sp³-hybridized carbons (Fsp3) is 0.579. The topological polar surface area (TPSA) is 88.7 Å². The van der Waals surface area contributed by atoms with Gasteiger partial charge in [-0.05, 0) is 37.3 Å². The van der Waals surface area contributed by atoms with Crippen LogP contribution in [0, 0.1) is 5.92 Å². The maximum atomic E-state index is 5.43. The molecule has 1 aliphatic rings. The number of aromatic nitrogens is 3. The molecule has 1 fully saturated rings. The van der Waals surface area contributed by atoms with Gasteiger partial charge in [0.25, 0.3) is 5.89 Å². The number of guanidine groups is 1. The van der Waals surface area contributed by atoms with Crippen LogP contribution in [0.15, 0.2) is 33.9 Å². The Hall–Kier alpha value is -1.75. The van der Waals surface area contributed by atoms with Gasteiger partial charge in [-0.1, -0.05) is 11.2 Å². The summed E-state index contributed by atoms with van der Waals surface area (Å²) in [6.07, 6.45) is 5.86. The monoisotopic (exact) mass is 500 g/mol. The maximum Gasteiger partial charge on any atom is 0.276 e. The third-order valence-electron chi connectivity index (χ3n) is 4.77. The molecule has 0 spiro atoms. The second-order valence-electron chi connectivity index (χ2n) is 6.72. The number of aliphatic imine (C=N–C) groups is 1. The number of rotatable bonds is 7. The Morgan fingerprint density at radius 1 is 1.32 bits per heavy atom. The van der Waals surface area contributed by atoms with Crippen molar-refractivity contribution in [2.45, 2.75) is 25.7 Å². The van der Waals surface area contributed by atoms with Crippen LogP contribution < -0.4 is 5.32 Å². The molecule has 0 bridgehead atoms. The van der Waals surface area contributed by atoms with Crippen LogP contribution in [-0.4, -0.2) is 66.4 Å². The van der Waals surface area contributed by atoms with E-state index in [0.29, 0.717) is 30.4 Å². The van der Waals surface area contributed by atoms with E-state index in [4.69, 9.17) is 9.26 Å². The van der Waals surface area contributed by atoms with Crippen LogP contribution in [0.4, 0.5) is 0 Å². The van der Waals surface area contributed by atoms with Crippen LogP contribution in [0.2, 0.25) is 0 Å². The Morgan fingerprint density at radius 2 is 2.14 bits per heavy atom. The molecular weight excluding hydrogens is 471 g/mol. The third-order valence-corrected chi connectivity index (χ3v) is 4.77. The average Bonchev–Trinajstić information content (AvgIpc) is 3.20. The summed E-state index contributed by atoms with van der Waals surface area (Å²) in [4.78, 5) is 15.2. The Bertz CT molecular complexity index is 718. The van der Waals surface area contributed by atoms with Crippen molar-refractivity contribution < 1.29 is 9.26 Å². The van der Waals surface area contributed by atoms with E-state index in [2.05, 4.69) is 37.4 Å². The molecule has 0 aromatic carbocycles. The van der Waals surface area contributed by atoms with Crippen molar-refractivity contribution in [3.63, 3.8) is 0 Å². The first-order valence-electron chi connectivity index (χ1n) is 9.50. The fourth-order valence-corrected chi connectivity index (χ4v) is 3.14. The first kappa shape index (κ1) is 22.5. The Labute approximate surface area is 183 Å². The van der Waals surface area contributed by atoms with Crippen LogP contribution in [0.25, 0.3) is 11.6 Å². The molecule has 3 heterocycles. The molecule has 1 N–H and O–H groups in total. The first-order valence-corrected chi connectivity index (χ1v) is 9.50.